The van der Waals surface area contributed by atoms with Crippen molar-refractivity contribution < 1.29 is 0 Å². The second-order valence-corrected chi connectivity index (χ2v) is 8.00. The molecule has 0 fully saturated rings. The average Bonchev–Trinajstić information content (AvgIpc) is 3.11. The van der Waals surface area contributed by atoms with Crippen LogP contribution in [0.4, 0.5) is 0 Å². The first-order chi connectivity index (χ1) is 11.9. The summed E-state index contributed by atoms with van der Waals surface area (Å²) in [5.41, 5.74) is 15.0. The first-order valence-corrected chi connectivity index (χ1v) is 9.47. The van der Waals surface area contributed by atoms with E-state index in [4.69, 9.17) is 0 Å². The molecule has 25 heavy (non-hydrogen) atoms. The predicted molar refractivity (Wildman–Crippen MR) is 108 cm³/mol. The number of benzene rings is 2. The van der Waals surface area contributed by atoms with E-state index in [0.717, 1.165) is 0 Å². The Kier molecular flexibility index (Phi) is 3.76. The van der Waals surface area contributed by atoms with Crippen LogP contribution in [0.15, 0.2) is 47.6 Å². The van der Waals surface area contributed by atoms with Gasteiger partial charge >= 0.3 is 0 Å². The molecule has 0 saturated carbocycles. The van der Waals surface area contributed by atoms with Crippen molar-refractivity contribution in [3.8, 4) is 11.1 Å². The Morgan fingerprint density at radius 3 is 2.16 bits per heavy atom. The molecule has 0 N–H and O–H groups in total. The topological polar surface area (TPSA) is 0 Å². The molecule has 128 valence electrons. The molecule has 2 unspecified atom stereocenters. The van der Waals surface area contributed by atoms with E-state index in [0.29, 0.717) is 11.8 Å². The SMILES string of the molecule is CC1=C(C)C(CC2c3ccccc3-c3c(C)c(C)c(C)c(C)c32)C=C1. The molecule has 4 rings (SSSR count). The summed E-state index contributed by atoms with van der Waals surface area (Å²) >= 11 is 0. The Balaban J connectivity index is 1.92. The summed E-state index contributed by atoms with van der Waals surface area (Å²) in [6, 6.07) is 9.09. The number of rotatable bonds is 2. The molecule has 0 radical (unpaired) electrons. The molecule has 0 aromatic heterocycles. The predicted octanol–water partition coefficient (Wildman–Crippen LogP) is 6.95. The highest BCUT2D eigenvalue weighted by atomic mass is 14.4. The van der Waals surface area contributed by atoms with Crippen molar-refractivity contribution >= 4 is 0 Å². The lowest BCUT2D eigenvalue weighted by Gasteiger charge is -2.23. The Morgan fingerprint density at radius 2 is 1.48 bits per heavy atom. The van der Waals surface area contributed by atoms with E-state index in [2.05, 4.69) is 78.0 Å². The van der Waals surface area contributed by atoms with E-state index >= 15 is 0 Å². The Hall–Kier alpha value is -2.08. The highest BCUT2D eigenvalue weighted by Crippen LogP contribution is 2.52. The van der Waals surface area contributed by atoms with Crippen molar-refractivity contribution in [3.05, 3.63) is 80.9 Å². The van der Waals surface area contributed by atoms with Crippen LogP contribution in [0.5, 0.6) is 0 Å². The van der Waals surface area contributed by atoms with Gasteiger partial charge in [0.1, 0.15) is 0 Å². The minimum Gasteiger partial charge on any atom is -0.0770 e. The summed E-state index contributed by atoms with van der Waals surface area (Å²) in [6.45, 7) is 13.8. The average molecular weight is 328 g/mol. The molecule has 0 aliphatic heterocycles. The number of allylic oxidation sites excluding steroid dienone is 4. The Labute approximate surface area is 152 Å². The molecule has 0 saturated heterocycles. The van der Waals surface area contributed by atoms with E-state index in [9.17, 15) is 0 Å². The zero-order chi connectivity index (χ0) is 17.9. The molecular weight excluding hydrogens is 300 g/mol. The minimum absolute atomic E-state index is 0.514. The van der Waals surface area contributed by atoms with Gasteiger partial charge in [-0.25, -0.2) is 0 Å². The van der Waals surface area contributed by atoms with Crippen molar-refractivity contribution in [1.82, 2.24) is 0 Å². The van der Waals surface area contributed by atoms with Crippen LogP contribution in [0.2, 0.25) is 0 Å². The molecular formula is C25H28. The zero-order valence-corrected chi connectivity index (χ0v) is 16.3. The van der Waals surface area contributed by atoms with E-state index in [1.807, 2.05) is 0 Å². The van der Waals surface area contributed by atoms with Gasteiger partial charge < -0.3 is 0 Å². The number of fused-ring (bicyclic) bond motifs is 3. The van der Waals surface area contributed by atoms with Gasteiger partial charge in [-0.2, -0.15) is 0 Å². The van der Waals surface area contributed by atoms with Crippen LogP contribution in [-0.2, 0) is 0 Å². The summed E-state index contributed by atoms with van der Waals surface area (Å²) in [5, 5.41) is 0. The molecule has 2 aliphatic carbocycles. The van der Waals surface area contributed by atoms with Crippen LogP contribution in [0.3, 0.4) is 0 Å². The quantitative estimate of drug-likeness (QED) is 0.560. The van der Waals surface area contributed by atoms with Gasteiger partial charge in [-0.05, 0) is 98.4 Å². The maximum atomic E-state index is 2.41. The normalized spacial score (nSPS) is 21.0. The lowest BCUT2D eigenvalue weighted by atomic mass is 9.81. The largest absolute Gasteiger partial charge is 0.0770 e. The van der Waals surface area contributed by atoms with Gasteiger partial charge in [-0.3, -0.25) is 0 Å². The monoisotopic (exact) mass is 328 g/mol. The molecule has 0 heterocycles. The van der Waals surface area contributed by atoms with Gasteiger partial charge in [0.25, 0.3) is 0 Å². The summed E-state index contributed by atoms with van der Waals surface area (Å²) in [4.78, 5) is 0. The molecule has 0 spiro atoms. The van der Waals surface area contributed by atoms with Crippen LogP contribution in [0.1, 0.15) is 59.6 Å². The maximum absolute atomic E-state index is 2.41. The summed E-state index contributed by atoms with van der Waals surface area (Å²) in [5.74, 6) is 1.09. The Morgan fingerprint density at radius 1 is 0.800 bits per heavy atom. The fraction of sp³-hybridized carbons (Fsp3) is 0.360. The van der Waals surface area contributed by atoms with E-state index in [1.165, 1.54) is 50.9 Å². The molecule has 2 aliphatic rings. The van der Waals surface area contributed by atoms with Gasteiger partial charge in [0.2, 0.25) is 0 Å². The van der Waals surface area contributed by atoms with Gasteiger partial charge in [-0.1, -0.05) is 47.6 Å². The van der Waals surface area contributed by atoms with E-state index < -0.39 is 0 Å². The molecule has 0 nitrogen and oxygen atoms in total. The van der Waals surface area contributed by atoms with Crippen molar-refractivity contribution in [1.29, 1.82) is 0 Å². The van der Waals surface area contributed by atoms with Crippen molar-refractivity contribution in [2.45, 2.75) is 53.9 Å². The minimum atomic E-state index is 0.514. The van der Waals surface area contributed by atoms with E-state index in [-0.39, 0.29) is 0 Å². The van der Waals surface area contributed by atoms with Crippen LogP contribution < -0.4 is 0 Å². The third kappa shape index (κ3) is 2.27. The summed E-state index contributed by atoms with van der Waals surface area (Å²) in [6.07, 6.45) is 5.90. The second kappa shape index (κ2) is 5.73. The van der Waals surface area contributed by atoms with Gasteiger partial charge in [0.15, 0.2) is 0 Å². The second-order valence-electron chi connectivity index (χ2n) is 8.00. The van der Waals surface area contributed by atoms with Crippen molar-refractivity contribution in [3.63, 3.8) is 0 Å². The highest BCUT2D eigenvalue weighted by Gasteiger charge is 2.34. The van der Waals surface area contributed by atoms with Gasteiger partial charge in [0.05, 0.1) is 0 Å². The lowest BCUT2D eigenvalue weighted by molar-refractivity contribution is 0.621. The molecule has 2 aromatic rings. The standard InChI is InChI=1S/C25H28/c1-14-11-12-20(15(14)2)13-23-21-9-7-8-10-22(21)24-18(5)16(3)17(4)19(6)25(23)24/h7-12,20,23H,13H2,1-6H3. The van der Waals surface area contributed by atoms with Gasteiger partial charge in [-0.15, -0.1) is 0 Å². The van der Waals surface area contributed by atoms with Crippen molar-refractivity contribution in [2.24, 2.45) is 5.92 Å². The summed E-state index contributed by atoms with van der Waals surface area (Å²) in [7, 11) is 0. The van der Waals surface area contributed by atoms with E-state index in [1.54, 1.807) is 11.1 Å². The summed E-state index contributed by atoms with van der Waals surface area (Å²) < 4.78 is 0. The first kappa shape index (κ1) is 16.4. The van der Waals surface area contributed by atoms with Crippen LogP contribution in [-0.4, -0.2) is 0 Å². The third-order valence-electron chi connectivity index (χ3n) is 6.94. The maximum Gasteiger partial charge on any atom is 0.0113 e. The Bertz CT molecular complexity index is 937. The van der Waals surface area contributed by atoms with Crippen LogP contribution in [0, 0.1) is 33.6 Å². The third-order valence-corrected chi connectivity index (χ3v) is 6.94. The zero-order valence-electron chi connectivity index (χ0n) is 16.3. The van der Waals surface area contributed by atoms with Crippen LogP contribution >= 0.6 is 0 Å². The molecule has 2 aromatic carbocycles. The first-order valence-electron chi connectivity index (χ1n) is 9.47. The number of hydrogen-bond donors (Lipinski definition) is 0. The van der Waals surface area contributed by atoms with Crippen LogP contribution in [0.25, 0.3) is 11.1 Å². The van der Waals surface area contributed by atoms with Crippen molar-refractivity contribution in [2.75, 3.05) is 0 Å². The molecule has 0 amide bonds. The smallest absolute Gasteiger partial charge is 0.0113 e. The van der Waals surface area contributed by atoms with Gasteiger partial charge in [0, 0.05) is 5.92 Å². The highest BCUT2D eigenvalue weighted by molar-refractivity contribution is 5.84. The fourth-order valence-corrected chi connectivity index (χ4v) is 4.89. The molecule has 0 bridgehead atoms. The fourth-order valence-electron chi connectivity index (χ4n) is 4.89. The molecule has 0 heteroatoms. The number of hydrogen-bond acceptors (Lipinski definition) is 0. The molecule has 2 atom stereocenters. The lowest BCUT2D eigenvalue weighted by Crippen LogP contribution is -2.08.